The van der Waals surface area contributed by atoms with Gasteiger partial charge in [-0.3, -0.25) is 0 Å². The highest BCUT2D eigenvalue weighted by Gasteiger charge is 2.25. The first-order valence-electron chi connectivity index (χ1n) is 7.21. The number of hydrogen-bond acceptors (Lipinski definition) is 3. The second-order valence-electron chi connectivity index (χ2n) is 5.35. The van der Waals surface area contributed by atoms with Crippen LogP contribution in [-0.4, -0.2) is 14.8 Å². The summed E-state index contributed by atoms with van der Waals surface area (Å²) in [5.74, 6) is 0.320. The fourth-order valence-electron chi connectivity index (χ4n) is 2.69. The van der Waals surface area contributed by atoms with Crippen LogP contribution in [0.5, 0.6) is 0 Å². The first-order chi connectivity index (χ1) is 11.6. The minimum Gasteiger partial charge on any atom is -0.324 e. The largest absolute Gasteiger partial charge is 0.324 e. The second-order valence-corrected chi connectivity index (χ2v) is 7.51. The van der Waals surface area contributed by atoms with Gasteiger partial charge in [-0.25, -0.2) is 9.07 Å². The van der Waals surface area contributed by atoms with Gasteiger partial charge in [-0.1, -0.05) is 28.1 Å². The molecule has 0 fully saturated rings. The second kappa shape index (κ2) is 6.29. The highest BCUT2D eigenvalue weighted by atomic mass is 127. The predicted molar refractivity (Wildman–Crippen MR) is 103 cm³/mol. The van der Waals surface area contributed by atoms with Gasteiger partial charge >= 0.3 is 0 Å². The summed E-state index contributed by atoms with van der Waals surface area (Å²) in [4.78, 5) is 4.24. The Morgan fingerprint density at radius 3 is 2.75 bits per heavy atom. The number of anilines is 1. The van der Waals surface area contributed by atoms with E-state index in [0.29, 0.717) is 11.5 Å². The van der Waals surface area contributed by atoms with Crippen molar-refractivity contribution in [3.8, 4) is 0 Å². The molecule has 7 heteroatoms. The Kier molecular flexibility index (Phi) is 4.13. The van der Waals surface area contributed by atoms with E-state index in [0.717, 1.165) is 19.3 Å². The van der Waals surface area contributed by atoms with Crippen LogP contribution < -0.4 is 5.32 Å². The molecule has 1 aromatic heterocycles. The van der Waals surface area contributed by atoms with Crippen molar-refractivity contribution in [1.29, 1.82) is 0 Å². The summed E-state index contributed by atoms with van der Waals surface area (Å²) in [6, 6.07) is 12.7. The van der Waals surface area contributed by atoms with E-state index in [4.69, 9.17) is 0 Å². The molecule has 1 N–H and O–H groups in total. The lowest BCUT2D eigenvalue weighted by molar-refractivity contribution is 0.551. The van der Waals surface area contributed by atoms with Gasteiger partial charge in [0.05, 0.1) is 0 Å². The van der Waals surface area contributed by atoms with Crippen molar-refractivity contribution in [3.63, 3.8) is 0 Å². The number of fused-ring (bicyclic) bond motifs is 1. The summed E-state index contributed by atoms with van der Waals surface area (Å²) < 4.78 is 18.1. The van der Waals surface area contributed by atoms with E-state index in [2.05, 4.69) is 53.9 Å². The van der Waals surface area contributed by atoms with E-state index < -0.39 is 0 Å². The zero-order valence-electron chi connectivity index (χ0n) is 12.2. The maximum atomic E-state index is 14.4. The normalized spacial score (nSPS) is 16.3. The molecule has 0 spiro atoms. The molecular formula is C17H11BrFIN4. The molecule has 1 unspecified atom stereocenters. The minimum atomic E-state index is -0.365. The van der Waals surface area contributed by atoms with Crippen molar-refractivity contribution in [2.24, 2.45) is 0 Å². The maximum absolute atomic E-state index is 14.4. The van der Waals surface area contributed by atoms with Crippen LogP contribution in [0.3, 0.4) is 0 Å². The highest BCUT2D eigenvalue weighted by Crippen LogP contribution is 2.34. The summed E-state index contributed by atoms with van der Waals surface area (Å²) >= 11 is 5.68. The molecule has 1 aliphatic heterocycles. The van der Waals surface area contributed by atoms with Crippen LogP contribution >= 0.6 is 38.5 Å². The molecule has 4 nitrogen and oxygen atoms in total. The number of nitrogens with one attached hydrogen (secondary N) is 1. The van der Waals surface area contributed by atoms with Crippen molar-refractivity contribution in [3.05, 3.63) is 79.9 Å². The summed E-state index contributed by atoms with van der Waals surface area (Å²) in [6.45, 7) is 0. The number of nitrogens with zero attached hydrogens (tertiary/aromatic N) is 3. The van der Waals surface area contributed by atoms with Gasteiger partial charge in [0, 0.05) is 19.3 Å². The standard InChI is InChI=1S/C17H11BrFIN4/c18-11-3-6-14(19)13(7-11)16-8-15(10-1-4-12(20)5-2-10)23-17-21-9-22-24(16)17/h1-9,16H,(H,21,22,23). The van der Waals surface area contributed by atoms with Crippen LogP contribution in [0.25, 0.3) is 5.70 Å². The molecule has 2 heterocycles. The molecule has 120 valence electrons. The molecule has 0 amide bonds. The van der Waals surface area contributed by atoms with E-state index in [9.17, 15) is 4.39 Å². The molecule has 3 aromatic rings. The Morgan fingerprint density at radius 1 is 1.17 bits per heavy atom. The lowest BCUT2D eigenvalue weighted by Crippen LogP contribution is -2.21. The van der Waals surface area contributed by atoms with Gasteiger partial charge in [0.25, 0.3) is 0 Å². The SMILES string of the molecule is Fc1ccc(Br)cc1C1C=C(c2ccc(I)cc2)Nc2ncnn21. The minimum absolute atomic E-state index is 0.273. The van der Waals surface area contributed by atoms with Gasteiger partial charge in [0.15, 0.2) is 0 Å². The molecule has 0 aliphatic carbocycles. The van der Waals surface area contributed by atoms with E-state index in [-0.39, 0.29) is 11.9 Å². The zero-order valence-corrected chi connectivity index (χ0v) is 16.0. The Bertz CT molecular complexity index is 936. The van der Waals surface area contributed by atoms with Crippen LogP contribution in [0.15, 0.2) is 59.3 Å². The number of aromatic nitrogens is 3. The van der Waals surface area contributed by atoms with Gasteiger partial charge in [-0.15, -0.1) is 0 Å². The Hall–Kier alpha value is -1.74. The summed E-state index contributed by atoms with van der Waals surface area (Å²) in [6.07, 6.45) is 3.44. The average molecular weight is 497 g/mol. The molecule has 4 rings (SSSR count). The molecule has 24 heavy (non-hydrogen) atoms. The van der Waals surface area contributed by atoms with Gasteiger partial charge in [-0.05, 0) is 64.6 Å². The molecule has 0 radical (unpaired) electrons. The van der Waals surface area contributed by atoms with Gasteiger partial charge < -0.3 is 5.32 Å². The molecule has 1 aliphatic rings. The average Bonchev–Trinajstić information content (AvgIpc) is 3.05. The third-order valence-electron chi connectivity index (χ3n) is 3.84. The van der Waals surface area contributed by atoms with E-state index in [1.165, 1.54) is 12.4 Å². The van der Waals surface area contributed by atoms with Crippen molar-refractivity contribution in [2.45, 2.75) is 6.04 Å². The predicted octanol–water partition coefficient (Wildman–Crippen LogP) is 4.84. The van der Waals surface area contributed by atoms with Gasteiger partial charge in [-0.2, -0.15) is 10.1 Å². The third kappa shape index (κ3) is 2.86. The number of allylic oxidation sites excluding steroid dienone is 1. The smallest absolute Gasteiger partial charge is 0.226 e. The molecule has 0 saturated heterocycles. The topological polar surface area (TPSA) is 42.7 Å². The fraction of sp³-hybridized carbons (Fsp3) is 0.0588. The lowest BCUT2D eigenvalue weighted by atomic mass is 10.0. The summed E-state index contributed by atoms with van der Waals surface area (Å²) in [7, 11) is 0. The molecular weight excluding hydrogens is 486 g/mol. The number of benzene rings is 2. The van der Waals surface area contributed by atoms with Crippen molar-refractivity contribution < 1.29 is 4.39 Å². The van der Waals surface area contributed by atoms with Crippen molar-refractivity contribution >= 4 is 50.2 Å². The quantitative estimate of drug-likeness (QED) is 0.516. The third-order valence-corrected chi connectivity index (χ3v) is 5.05. The van der Waals surface area contributed by atoms with Crippen LogP contribution in [0.1, 0.15) is 17.2 Å². The summed E-state index contributed by atoms with van der Waals surface area (Å²) in [5.41, 5.74) is 2.45. The molecule has 0 bridgehead atoms. The number of halogens is 3. The lowest BCUT2D eigenvalue weighted by Gasteiger charge is -2.24. The molecule has 1 atom stereocenters. The zero-order chi connectivity index (χ0) is 16.7. The highest BCUT2D eigenvalue weighted by molar-refractivity contribution is 14.1. The van der Waals surface area contributed by atoms with Gasteiger partial charge in [0.1, 0.15) is 18.2 Å². The van der Waals surface area contributed by atoms with E-state index in [1.807, 2.05) is 30.3 Å². The Balaban J connectivity index is 1.85. The van der Waals surface area contributed by atoms with Crippen LogP contribution in [0.4, 0.5) is 10.3 Å². The maximum Gasteiger partial charge on any atom is 0.226 e. The molecule has 0 saturated carbocycles. The number of hydrogen-bond donors (Lipinski definition) is 1. The first kappa shape index (κ1) is 15.8. The van der Waals surface area contributed by atoms with Crippen LogP contribution in [0.2, 0.25) is 0 Å². The van der Waals surface area contributed by atoms with Crippen molar-refractivity contribution in [2.75, 3.05) is 5.32 Å². The van der Waals surface area contributed by atoms with Crippen LogP contribution in [-0.2, 0) is 0 Å². The van der Waals surface area contributed by atoms with Gasteiger partial charge in [0.2, 0.25) is 5.95 Å². The van der Waals surface area contributed by atoms with Crippen molar-refractivity contribution in [1.82, 2.24) is 14.8 Å². The van der Waals surface area contributed by atoms with Crippen LogP contribution in [0, 0.1) is 9.39 Å². The van der Waals surface area contributed by atoms with E-state index >= 15 is 0 Å². The Labute approximate surface area is 160 Å². The van der Waals surface area contributed by atoms with E-state index in [1.54, 1.807) is 16.8 Å². The fourth-order valence-corrected chi connectivity index (χ4v) is 3.43. The molecule has 2 aromatic carbocycles. The monoisotopic (exact) mass is 496 g/mol. The summed E-state index contributed by atoms with van der Waals surface area (Å²) in [5, 5.41) is 7.50. The number of rotatable bonds is 2. The first-order valence-corrected chi connectivity index (χ1v) is 9.08. The Morgan fingerprint density at radius 2 is 1.96 bits per heavy atom.